The molecule has 1 aromatic heterocycles. The van der Waals surface area contributed by atoms with E-state index in [2.05, 4.69) is 0 Å². The van der Waals surface area contributed by atoms with E-state index in [-0.39, 0.29) is 17.2 Å². The number of rotatable bonds is 6. The number of aromatic nitrogens is 1. The number of nitrogens with zero attached hydrogens (tertiary/aromatic N) is 1. The lowest BCUT2D eigenvalue weighted by molar-refractivity contribution is -0.156. The van der Waals surface area contributed by atoms with E-state index in [1.807, 2.05) is 36.8 Å². The Morgan fingerprint density at radius 1 is 1.25 bits per heavy atom. The molecule has 0 saturated carbocycles. The second-order valence-corrected chi connectivity index (χ2v) is 10.9. The average molecular weight is 552 g/mol. The van der Waals surface area contributed by atoms with Crippen LogP contribution in [0.15, 0.2) is 45.6 Å². The zero-order chi connectivity index (χ0) is 27.8. The summed E-state index contributed by atoms with van der Waals surface area (Å²) >= 11 is 1.35. The fraction of sp³-hybridized carbons (Fsp3) is 0.480. The largest absolute Gasteiger partial charge is 0.481 e. The zero-order valence-electron chi connectivity index (χ0n) is 21.2. The molecule has 36 heavy (non-hydrogen) atoms. The Labute approximate surface area is 214 Å². The Balaban J connectivity index is 0.000000500. The lowest BCUT2D eigenvalue weighted by Crippen LogP contribution is -2.17. The van der Waals surface area contributed by atoms with E-state index in [9.17, 15) is 35.9 Å². The molecule has 11 heteroatoms. The predicted molar refractivity (Wildman–Crippen MR) is 137 cm³/mol. The maximum absolute atomic E-state index is 14.1. The molecule has 0 saturated heterocycles. The summed E-state index contributed by atoms with van der Waals surface area (Å²) in [6.07, 6.45) is 1.95. The number of sulfone groups is 1. The van der Waals surface area contributed by atoms with E-state index in [1.165, 1.54) is 23.9 Å². The number of carboxylic acid groups (broad SMARTS) is 1. The molecule has 2 aromatic rings. The predicted octanol–water partition coefficient (Wildman–Crippen LogP) is 7.56. The summed E-state index contributed by atoms with van der Waals surface area (Å²) < 4.78 is 75.1. The molecule has 0 radical (unpaired) electrons. The molecule has 0 spiro atoms. The maximum Gasteiger partial charge on any atom is 0.394 e. The van der Waals surface area contributed by atoms with Gasteiger partial charge in [-0.25, -0.2) is 12.8 Å². The molecule has 1 aromatic carbocycles. The molecule has 2 unspecified atom stereocenters. The summed E-state index contributed by atoms with van der Waals surface area (Å²) in [5, 5.41) is 11.5. The van der Waals surface area contributed by atoms with Crippen LogP contribution >= 0.6 is 11.8 Å². The normalized spacial score (nSPS) is 16.4. The number of carboxylic acids is 1. The summed E-state index contributed by atoms with van der Waals surface area (Å²) in [4.78, 5) is 11.9. The van der Waals surface area contributed by atoms with E-state index in [0.717, 1.165) is 31.0 Å². The number of carbonyl (C=O) groups is 1. The van der Waals surface area contributed by atoms with Crippen LogP contribution in [0.25, 0.3) is 10.9 Å². The van der Waals surface area contributed by atoms with Crippen LogP contribution in [0.4, 0.5) is 17.6 Å². The third kappa shape index (κ3) is 7.86. The van der Waals surface area contributed by atoms with Crippen LogP contribution in [0.1, 0.15) is 59.1 Å². The first-order valence-corrected chi connectivity index (χ1v) is 14.2. The number of aliphatic carboxylic acids is 1. The first kappa shape index (κ1) is 31.8. The van der Waals surface area contributed by atoms with Gasteiger partial charge in [0.2, 0.25) is 0 Å². The summed E-state index contributed by atoms with van der Waals surface area (Å²) in [7, 11) is -3.63. The van der Waals surface area contributed by atoms with Crippen molar-refractivity contribution in [2.45, 2.75) is 75.9 Å². The molecule has 0 aliphatic carbocycles. The second-order valence-electron chi connectivity index (χ2n) is 7.96. The molecule has 2 atom stereocenters. The summed E-state index contributed by atoms with van der Waals surface area (Å²) in [5.41, 5.74) is 1.30. The lowest BCUT2D eigenvalue weighted by atomic mass is 10.0. The number of hydrogen-bond donors (Lipinski definition) is 1. The minimum atomic E-state index is -4.08. The average Bonchev–Trinajstić information content (AvgIpc) is 3.31. The van der Waals surface area contributed by atoms with Crippen molar-refractivity contribution in [1.82, 2.24) is 4.57 Å². The fourth-order valence-corrected chi connectivity index (χ4v) is 5.78. The quantitative estimate of drug-likeness (QED) is 0.228. The third-order valence-electron chi connectivity index (χ3n) is 5.32. The number of benzene rings is 1. The van der Waals surface area contributed by atoms with E-state index in [4.69, 9.17) is 0 Å². The highest BCUT2D eigenvalue weighted by atomic mass is 32.2. The monoisotopic (exact) mass is 551 g/mol. The van der Waals surface area contributed by atoms with Gasteiger partial charge in [0.15, 0.2) is 9.84 Å². The molecule has 0 bridgehead atoms. The molecular formula is C25H33F4NO4S2. The Hall–Kier alpha value is -2.27. The summed E-state index contributed by atoms with van der Waals surface area (Å²) in [6, 6.07) is 2.37. The highest BCUT2D eigenvalue weighted by Crippen LogP contribution is 2.47. The van der Waals surface area contributed by atoms with Gasteiger partial charge in [-0.15, -0.1) is 0 Å². The second kappa shape index (κ2) is 13.3. The van der Waals surface area contributed by atoms with Gasteiger partial charge in [0, 0.05) is 34.7 Å². The van der Waals surface area contributed by atoms with E-state index in [0.29, 0.717) is 28.8 Å². The van der Waals surface area contributed by atoms with Crippen molar-refractivity contribution in [2.24, 2.45) is 5.92 Å². The van der Waals surface area contributed by atoms with Gasteiger partial charge in [-0.05, 0) is 37.8 Å². The van der Waals surface area contributed by atoms with Crippen molar-refractivity contribution < 1.29 is 35.9 Å². The van der Waals surface area contributed by atoms with Gasteiger partial charge >= 0.3 is 12.1 Å². The molecule has 1 N–H and O–H groups in total. The highest BCUT2D eigenvalue weighted by Gasteiger charge is 2.34. The Morgan fingerprint density at radius 3 is 2.31 bits per heavy atom. The smallest absolute Gasteiger partial charge is 0.394 e. The van der Waals surface area contributed by atoms with Crippen molar-refractivity contribution >= 4 is 38.5 Å². The number of thioether (sulfide) groups is 1. The van der Waals surface area contributed by atoms with Crippen LogP contribution < -0.4 is 0 Å². The van der Waals surface area contributed by atoms with E-state index >= 15 is 0 Å². The Morgan fingerprint density at radius 2 is 1.86 bits per heavy atom. The fourth-order valence-electron chi connectivity index (χ4n) is 3.81. The van der Waals surface area contributed by atoms with Crippen molar-refractivity contribution in [3.05, 3.63) is 47.3 Å². The van der Waals surface area contributed by atoms with Gasteiger partial charge in [0.1, 0.15) is 5.82 Å². The minimum absolute atomic E-state index is 0.0313. The minimum Gasteiger partial charge on any atom is -0.481 e. The number of hydrogen-bond acceptors (Lipinski definition) is 4. The van der Waals surface area contributed by atoms with Gasteiger partial charge in [0.05, 0.1) is 22.8 Å². The van der Waals surface area contributed by atoms with Crippen molar-refractivity contribution in [2.75, 3.05) is 6.26 Å². The molecule has 1 aliphatic heterocycles. The third-order valence-corrected chi connectivity index (χ3v) is 7.49. The van der Waals surface area contributed by atoms with Gasteiger partial charge in [0.25, 0.3) is 0 Å². The SMILES string of the molecule is C/C=C/Sc1c2n(c3cc(F)cc(S(C)(=O)=O)c13)CCC2CC(=O)O.C/C=C\C(C)C(F)(F)F.CC. The van der Waals surface area contributed by atoms with Crippen molar-refractivity contribution in [3.8, 4) is 0 Å². The molecule has 0 amide bonds. The molecular weight excluding hydrogens is 518 g/mol. The zero-order valence-corrected chi connectivity index (χ0v) is 22.8. The van der Waals surface area contributed by atoms with Crippen LogP contribution in [0.3, 0.4) is 0 Å². The van der Waals surface area contributed by atoms with Gasteiger partial charge in [-0.1, -0.05) is 50.8 Å². The van der Waals surface area contributed by atoms with Gasteiger partial charge in [-0.3, -0.25) is 4.79 Å². The Kier molecular flexibility index (Phi) is 11.8. The highest BCUT2D eigenvalue weighted by molar-refractivity contribution is 8.02. The molecule has 1 aliphatic rings. The van der Waals surface area contributed by atoms with Crippen molar-refractivity contribution in [1.29, 1.82) is 0 Å². The first-order chi connectivity index (χ1) is 16.7. The molecule has 3 rings (SSSR count). The summed E-state index contributed by atoms with van der Waals surface area (Å²) in [6.45, 7) is 9.09. The number of allylic oxidation sites excluding steroid dienone is 3. The van der Waals surface area contributed by atoms with E-state index in [1.54, 1.807) is 6.92 Å². The number of fused-ring (bicyclic) bond motifs is 3. The standard InChI is InChI=1S/C17H18FNO4S2.C6H9F3.C2H6/c1-3-6-24-17-15-12(8-11(18)9-13(15)25(2,22)23)19-5-4-10(16(17)19)7-14(20)21;1-3-4-5(2)6(7,8)9;1-2/h3,6,8-10H,4-5,7H2,1-2H3,(H,20,21);3-5H,1-2H3;1-2H3/b6-3+;4-3-;. The summed E-state index contributed by atoms with van der Waals surface area (Å²) in [5.74, 6) is -3.05. The topological polar surface area (TPSA) is 76.4 Å². The van der Waals surface area contributed by atoms with Crippen molar-refractivity contribution in [3.63, 3.8) is 0 Å². The van der Waals surface area contributed by atoms with Crippen LogP contribution in [0.2, 0.25) is 0 Å². The van der Waals surface area contributed by atoms with Crippen LogP contribution in [-0.2, 0) is 21.2 Å². The lowest BCUT2D eigenvalue weighted by Gasteiger charge is -2.09. The molecule has 0 fully saturated rings. The van der Waals surface area contributed by atoms with Gasteiger partial charge in [-0.2, -0.15) is 13.2 Å². The molecule has 2 heterocycles. The van der Waals surface area contributed by atoms with Crippen LogP contribution in [0, 0.1) is 11.7 Å². The Bertz CT molecular complexity index is 1220. The number of alkyl halides is 3. The van der Waals surface area contributed by atoms with E-state index < -0.39 is 33.7 Å². The molecule has 202 valence electrons. The number of aryl methyl sites for hydroxylation is 1. The number of halogens is 4. The van der Waals surface area contributed by atoms with Crippen LogP contribution in [0.5, 0.6) is 0 Å². The maximum atomic E-state index is 14.1. The van der Waals surface area contributed by atoms with Gasteiger partial charge < -0.3 is 9.67 Å². The molecule has 5 nitrogen and oxygen atoms in total. The van der Waals surface area contributed by atoms with Crippen LogP contribution in [-0.4, -0.2) is 36.5 Å². The first-order valence-electron chi connectivity index (χ1n) is 11.5.